The molecule has 1 unspecified atom stereocenters. The van der Waals surface area contributed by atoms with Crippen molar-refractivity contribution in [3.05, 3.63) is 5.89 Å². The summed E-state index contributed by atoms with van der Waals surface area (Å²) in [4.78, 5) is 3.76. The highest BCUT2D eigenvalue weighted by atomic mass is 16.5. The molecule has 1 atom stereocenters. The van der Waals surface area contributed by atoms with E-state index in [4.69, 9.17) is 16.0 Å². The highest BCUT2D eigenvalue weighted by Crippen LogP contribution is 2.10. The molecule has 0 radical (unpaired) electrons. The number of nitrogen functional groups attached to an aromatic ring is 1. The number of hydrogen-bond acceptors (Lipinski definition) is 5. The lowest BCUT2D eigenvalue weighted by atomic mass is 10.2. The molecule has 1 rings (SSSR count). The maximum Gasteiger partial charge on any atom is 0.260 e. The lowest BCUT2D eigenvalue weighted by Crippen LogP contribution is -2.08. The Morgan fingerprint density at radius 3 is 2.80 bits per heavy atom. The number of anilines is 1. The third-order valence-electron chi connectivity index (χ3n) is 1.21. The number of aromatic nitrogens is 2. The Kier molecular flexibility index (Phi) is 1.86. The van der Waals surface area contributed by atoms with Crippen LogP contribution in [0, 0.1) is 0 Å². The van der Waals surface area contributed by atoms with Crippen LogP contribution in [0.1, 0.15) is 25.3 Å². The summed E-state index contributed by atoms with van der Waals surface area (Å²) in [6.07, 6.45) is 0.766. The number of hydrogen-bond donors (Lipinski definition) is 2. The molecule has 0 bridgehead atoms. The van der Waals surface area contributed by atoms with Gasteiger partial charge in [0.2, 0.25) is 5.89 Å². The van der Waals surface area contributed by atoms with Crippen LogP contribution in [-0.2, 0) is 0 Å². The van der Waals surface area contributed by atoms with Gasteiger partial charge >= 0.3 is 0 Å². The van der Waals surface area contributed by atoms with Gasteiger partial charge < -0.3 is 16.0 Å². The minimum Gasteiger partial charge on any atom is -0.365 e. The Labute approximate surface area is 58.4 Å². The first-order valence-corrected chi connectivity index (χ1v) is 3.08. The van der Waals surface area contributed by atoms with Crippen LogP contribution in [0.25, 0.3) is 0 Å². The van der Waals surface area contributed by atoms with Gasteiger partial charge in [-0.1, -0.05) is 6.92 Å². The maximum absolute atomic E-state index is 5.56. The lowest BCUT2D eigenvalue weighted by molar-refractivity contribution is 0.353. The quantitative estimate of drug-likeness (QED) is 0.609. The second kappa shape index (κ2) is 2.66. The molecular weight excluding hydrogens is 132 g/mol. The van der Waals surface area contributed by atoms with Gasteiger partial charge in [0.25, 0.3) is 5.95 Å². The molecular formula is C5H10N4O. The van der Waals surface area contributed by atoms with Crippen LogP contribution in [0.4, 0.5) is 5.95 Å². The molecule has 0 spiro atoms. The van der Waals surface area contributed by atoms with Gasteiger partial charge in [-0.3, -0.25) is 0 Å². The van der Waals surface area contributed by atoms with Gasteiger partial charge in [0.15, 0.2) is 0 Å². The molecule has 0 aliphatic heterocycles. The normalized spacial score (nSPS) is 13.4. The SMILES string of the molecule is CCC(N)c1nc(N)no1. The van der Waals surface area contributed by atoms with Crippen molar-refractivity contribution in [3.63, 3.8) is 0 Å². The monoisotopic (exact) mass is 142 g/mol. The van der Waals surface area contributed by atoms with E-state index in [9.17, 15) is 0 Å². The van der Waals surface area contributed by atoms with E-state index < -0.39 is 0 Å². The first-order chi connectivity index (χ1) is 4.74. The highest BCUT2D eigenvalue weighted by Gasteiger charge is 2.10. The zero-order valence-electron chi connectivity index (χ0n) is 5.74. The zero-order valence-corrected chi connectivity index (χ0v) is 5.74. The Bertz CT molecular complexity index is 209. The summed E-state index contributed by atoms with van der Waals surface area (Å²) in [6.45, 7) is 1.94. The third kappa shape index (κ3) is 1.24. The van der Waals surface area contributed by atoms with Crippen molar-refractivity contribution in [3.8, 4) is 0 Å². The van der Waals surface area contributed by atoms with Crippen molar-refractivity contribution in [1.82, 2.24) is 10.1 Å². The van der Waals surface area contributed by atoms with Gasteiger partial charge in [-0.25, -0.2) is 0 Å². The predicted octanol–water partition coefficient (Wildman–Crippen LogP) is 0.0616. The number of nitrogens with zero attached hydrogens (tertiary/aromatic N) is 2. The molecule has 4 N–H and O–H groups in total. The second-order valence-corrected chi connectivity index (χ2v) is 2.01. The molecule has 56 valence electrons. The smallest absolute Gasteiger partial charge is 0.260 e. The minimum absolute atomic E-state index is 0.138. The van der Waals surface area contributed by atoms with Crippen molar-refractivity contribution >= 4 is 5.95 Å². The van der Waals surface area contributed by atoms with Crippen molar-refractivity contribution in [1.29, 1.82) is 0 Å². The molecule has 0 amide bonds. The van der Waals surface area contributed by atoms with Gasteiger partial charge in [0.1, 0.15) is 0 Å². The topological polar surface area (TPSA) is 91.0 Å². The van der Waals surface area contributed by atoms with Crippen LogP contribution < -0.4 is 11.5 Å². The highest BCUT2D eigenvalue weighted by molar-refractivity contribution is 5.11. The summed E-state index contributed by atoms with van der Waals surface area (Å²) in [5, 5.41) is 3.40. The molecule has 10 heavy (non-hydrogen) atoms. The van der Waals surface area contributed by atoms with Gasteiger partial charge in [-0.2, -0.15) is 4.98 Å². The Hall–Kier alpha value is -1.10. The van der Waals surface area contributed by atoms with Crippen LogP contribution >= 0.6 is 0 Å². The first-order valence-electron chi connectivity index (χ1n) is 3.08. The molecule has 0 fully saturated rings. The van der Waals surface area contributed by atoms with Gasteiger partial charge in [0.05, 0.1) is 6.04 Å². The van der Waals surface area contributed by atoms with Crippen LogP contribution in [-0.4, -0.2) is 10.1 Å². The molecule has 5 nitrogen and oxygen atoms in total. The average molecular weight is 142 g/mol. The van der Waals surface area contributed by atoms with E-state index in [1.165, 1.54) is 0 Å². The summed E-state index contributed by atoms with van der Waals surface area (Å²) < 4.78 is 4.71. The standard InChI is InChI=1S/C5H10N4O/c1-2-3(6)4-8-5(7)9-10-4/h3H,2,6H2,1H3,(H2,7,9). The van der Waals surface area contributed by atoms with E-state index in [1.54, 1.807) is 0 Å². The van der Waals surface area contributed by atoms with Gasteiger partial charge in [-0.05, 0) is 11.6 Å². The molecule has 1 aromatic rings. The Morgan fingerprint density at radius 2 is 2.40 bits per heavy atom. The first kappa shape index (κ1) is 7.01. The summed E-state index contributed by atoms with van der Waals surface area (Å²) in [5.41, 5.74) is 10.8. The maximum atomic E-state index is 5.56. The second-order valence-electron chi connectivity index (χ2n) is 2.01. The number of nitrogens with two attached hydrogens (primary N) is 2. The molecule has 0 saturated carbocycles. The van der Waals surface area contributed by atoms with E-state index in [-0.39, 0.29) is 12.0 Å². The summed E-state index contributed by atoms with van der Waals surface area (Å²) in [6, 6.07) is -0.190. The lowest BCUT2D eigenvalue weighted by Gasteiger charge is -1.98. The average Bonchev–Trinajstić information content (AvgIpc) is 2.34. The van der Waals surface area contributed by atoms with Crippen LogP contribution in [0.3, 0.4) is 0 Å². The van der Waals surface area contributed by atoms with Crippen LogP contribution in [0.2, 0.25) is 0 Å². The van der Waals surface area contributed by atoms with Crippen LogP contribution in [0.15, 0.2) is 4.52 Å². The molecule has 5 heteroatoms. The van der Waals surface area contributed by atoms with Gasteiger partial charge in [-0.15, -0.1) is 0 Å². The molecule has 1 aromatic heterocycles. The molecule has 0 aliphatic rings. The van der Waals surface area contributed by atoms with Crippen molar-refractivity contribution in [2.75, 3.05) is 5.73 Å². The predicted molar refractivity (Wildman–Crippen MR) is 35.9 cm³/mol. The fourth-order valence-electron chi connectivity index (χ4n) is 0.572. The molecule has 0 aliphatic carbocycles. The Balaban J connectivity index is 2.74. The van der Waals surface area contributed by atoms with E-state index in [1.807, 2.05) is 6.92 Å². The fraction of sp³-hybridized carbons (Fsp3) is 0.600. The third-order valence-corrected chi connectivity index (χ3v) is 1.21. The largest absolute Gasteiger partial charge is 0.365 e. The van der Waals surface area contributed by atoms with Crippen molar-refractivity contribution in [2.45, 2.75) is 19.4 Å². The van der Waals surface area contributed by atoms with E-state index >= 15 is 0 Å². The number of rotatable bonds is 2. The fourth-order valence-corrected chi connectivity index (χ4v) is 0.572. The van der Waals surface area contributed by atoms with E-state index in [0.717, 1.165) is 6.42 Å². The summed E-state index contributed by atoms with van der Waals surface area (Å²) >= 11 is 0. The Morgan fingerprint density at radius 1 is 1.70 bits per heavy atom. The van der Waals surface area contributed by atoms with Crippen molar-refractivity contribution < 1.29 is 4.52 Å². The molecule has 0 aromatic carbocycles. The van der Waals surface area contributed by atoms with Crippen molar-refractivity contribution in [2.24, 2.45) is 5.73 Å². The van der Waals surface area contributed by atoms with E-state index in [0.29, 0.717) is 5.89 Å². The van der Waals surface area contributed by atoms with Gasteiger partial charge in [0, 0.05) is 0 Å². The van der Waals surface area contributed by atoms with Crippen LogP contribution in [0.5, 0.6) is 0 Å². The summed E-state index contributed by atoms with van der Waals surface area (Å²) in [7, 11) is 0. The molecule has 0 saturated heterocycles. The molecule has 1 heterocycles. The van der Waals surface area contributed by atoms with E-state index in [2.05, 4.69) is 10.1 Å². The zero-order chi connectivity index (χ0) is 7.56. The minimum atomic E-state index is -0.190. The summed E-state index contributed by atoms with van der Waals surface area (Å²) in [5.74, 6) is 0.541.